The van der Waals surface area contributed by atoms with Gasteiger partial charge < -0.3 is 0 Å². The molecule has 0 aromatic heterocycles. The summed E-state index contributed by atoms with van der Waals surface area (Å²) < 4.78 is 0. The molecule has 0 nitrogen and oxygen atoms in total. The second-order valence-electron chi connectivity index (χ2n) is 6.08. The van der Waals surface area contributed by atoms with Crippen molar-refractivity contribution >= 4 is 0 Å². The molecule has 0 atom stereocenters. The summed E-state index contributed by atoms with van der Waals surface area (Å²) in [6.45, 7) is 9.73. The van der Waals surface area contributed by atoms with Gasteiger partial charge in [0.05, 0.1) is 0 Å². The van der Waals surface area contributed by atoms with Gasteiger partial charge in [0.1, 0.15) is 0 Å². The van der Waals surface area contributed by atoms with E-state index in [2.05, 4.69) is 27.7 Å². The van der Waals surface area contributed by atoms with Crippen LogP contribution in [0.25, 0.3) is 0 Å². The molecule has 0 N–H and O–H groups in total. The van der Waals surface area contributed by atoms with Crippen molar-refractivity contribution in [1.29, 1.82) is 0 Å². The Labute approximate surface area is 82.4 Å². The van der Waals surface area contributed by atoms with E-state index in [1.165, 1.54) is 32.1 Å². The van der Waals surface area contributed by atoms with E-state index in [1.807, 2.05) is 11.1 Å². The summed E-state index contributed by atoms with van der Waals surface area (Å²) in [6, 6.07) is 0. The van der Waals surface area contributed by atoms with Crippen LogP contribution in [0, 0.1) is 10.8 Å². The SMILES string of the molecule is CC1(C)CCC(C)(C)C2=C1CCC2. The number of rotatable bonds is 0. The van der Waals surface area contributed by atoms with E-state index in [1.54, 1.807) is 0 Å². The summed E-state index contributed by atoms with van der Waals surface area (Å²) in [5.41, 5.74) is 4.65. The molecule has 0 unspecified atom stereocenters. The Hall–Kier alpha value is -0.260. The monoisotopic (exact) mass is 178 g/mol. The fraction of sp³-hybridized carbons (Fsp3) is 0.846. The fourth-order valence-electron chi connectivity index (χ4n) is 3.16. The molecule has 0 aromatic rings. The molecule has 0 bridgehead atoms. The van der Waals surface area contributed by atoms with Crippen LogP contribution in [-0.2, 0) is 0 Å². The first kappa shape index (κ1) is 9.30. The van der Waals surface area contributed by atoms with Crippen LogP contribution in [0.1, 0.15) is 59.8 Å². The predicted molar refractivity (Wildman–Crippen MR) is 57.7 cm³/mol. The predicted octanol–water partition coefficient (Wildman–Crippen LogP) is 4.31. The Balaban J connectivity index is 2.44. The number of hydrogen-bond acceptors (Lipinski definition) is 0. The van der Waals surface area contributed by atoms with Crippen molar-refractivity contribution in [2.24, 2.45) is 10.8 Å². The van der Waals surface area contributed by atoms with Crippen LogP contribution in [0.15, 0.2) is 11.1 Å². The first-order valence-corrected chi connectivity index (χ1v) is 5.66. The van der Waals surface area contributed by atoms with Gasteiger partial charge in [-0.3, -0.25) is 0 Å². The van der Waals surface area contributed by atoms with Crippen molar-refractivity contribution in [3.05, 3.63) is 11.1 Å². The van der Waals surface area contributed by atoms with Crippen molar-refractivity contribution in [2.45, 2.75) is 59.8 Å². The van der Waals surface area contributed by atoms with Gasteiger partial charge in [0.15, 0.2) is 0 Å². The summed E-state index contributed by atoms with van der Waals surface area (Å²) in [6.07, 6.45) is 6.95. The van der Waals surface area contributed by atoms with Gasteiger partial charge in [-0.05, 0) is 42.9 Å². The van der Waals surface area contributed by atoms with Crippen molar-refractivity contribution in [2.75, 3.05) is 0 Å². The maximum absolute atomic E-state index is 2.43. The third kappa shape index (κ3) is 1.35. The molecule has 2 aliphatic carbocycles. The zero-order valence-corrected chi connectivity index (χ0v) is 9.54. The summed E-state index contributed by atoms with van der Waals surface area (Å²) >= 11 is 0. The lowest BCUT2D eigenvalue weighted by atomic mass is 9.64. The molecule has 13 heavy (non-hydrogen) atoms. The van der Waals surface area contributed by atoms with E-state index in [-0.39, 0.29) is 0 Å². The van der Waals surface area contributed by atoms with Crippen molar-refractivity contribution < 1.29 is 0 Å². The Morgan fingerprint density at radius 1 is 0.769 bits per heavy atom. The molecule has 0 heteroatoms. The molecule has 0 saturated carbocycles. The van der Waals surface area contributed by atoms with E-state index < -0.39 is 0 Å². The van der Waals surface area contributed by atoms with Gasteiger partial charge in [-0.25, -0.2) is 0 Å². The highest BCUT2D eigenvalue weighted by Gasteiger charge is 2.40. The van der Waals surface area contributed by atoms with Crippen molar-refractivity contribution in [3.8, 4) is 0 Å². The Morgan fingerprint density at radius 3 is 1.54 bits per heavy atom. The smallest absolute Gasteiger partial charge is 0.0141 e. The molecular weight excluding hydrogens is 156 g/mol. The lowest BCUT2D eigenvalue weighted by molar-refractivity contribution is 0.262. The lowest BCUT2D eigenvalue weighted by Gasteiger charge is -2.41. The lowest BCUT2D eigenvalue weighted by Crippen LogP contribution is -2.28. The van der Waals surface area contributed by atoms with Crippen molar-refractivity contribution in [3.63, 3.8) is 0 Å². The van der Waals surface area contributed by atoms with E-state index >= 15 is 0 Å². The summed E-state index contributed by atoms with van der Waals surface area (Å²) in [5.74, 6) is 0. The standard InChI is InChI=1S/C13H22/c1-12(2)8-9-13(3,4)11-7-5-6-10(11)12/h5-9H2,1-4H3. The van der Waals surface area contributed by atoms with Crippen LogP contribution >= 0.6 is 0 Å². The molecule has 74 valence electrons. The first-order valence-electron chi connectivity index (χ1n) is 5.66. The van der Waals surface area contributed by atoms with Crippen LogP contribution in [-0.4, -0.2) is 0 Å². The largest absolute Gasteiger partial charge is 0.0648 e. The first-order chi connectivity index (χ1) is 5.93. The Morgan fingerprint density at radius 2 is 1.15 bits per heavy atom. The average molecular weight is 178 g/mol. The van der Waals surface area contributed by atoms with Gasteiger partial charge in [0.25, 0.3) is 0 Å². The highest BCUT2D eigenvalue weighted by Crippen LogP contribution is 2.54. The molecule has 0 heterocycles. The van der Waals surface area contributed by atoms with E-state index in [0.717, 1.165) is 0 Å². The molecular formula is C13H22. The summed E-state index contributed by atoms with van der Waals surface area (Å²) in [7, 11) is 0. The van der Waals surface area contributed by atoms with Gasteiger partial charge in [0, 0.05) is 0 Å². The molecule has 2 aliphatic rings. The van der Waals surface area contributed by atoms with Crippen LogP contribution in [0.4, 0.5) is 0 Å². The van der Waals surface area contributed by atoms with Crippen LogP contribution in [0.3, 0.4) is 0 Å². The van der Waals surface area contributed by atoms with Gasteiger partial charge >= 0.3 is 0 Å². The minimum Gasteiger partial charge on any atom is -0.0648 e. The Kier molecular flexibility index (Phi) is 1.87. The van der Waals surface area contributed by atoms with E-state index in [9.17, 15) is 0 Å². The molecule has 0 fully saturated rings. The molecule has 0 aromatic carbocycles. The maximum atomic E-state index is 2.43. The third-order valence-electron chi connectivity index (χ3n) is 4.23. The molecule has 0 aliphatic heterocycles. The maximum Gasteiger partial charge on any atom is -0.0141 e. The minimum absolute atomic E-state index is 0.515. The molecule has 0 spiro atoms. The van der Waals surface area contributed by atoms with E-state index in [0.29, 0.717) is 10.8 Å². The topological polar surface area (TPSA) is 0 Å². The van der Waals surface area contributed by atoms with Gasteiger partial charge in [0.2, 0.25) is 0 Å². The van der Waals surface area contributed by atoms with Crippen LogP contribution in [0.2, 0.25) is 0 Å². The van der Waals surface area contributed by atoms with Gasteiger partial charge in [-0.1, -0.05) is 38.8 Å². The van der Waals surface area contributed by atoms with Crippen LogP contribution in [0.5, 0.6) is 0 Å². The highest BCUT2D eigenvalue weighted by atomic mass is 14.4. The Bertz CT molecular complexity index is 227. The molecule has 0 saturated heterocycles. The minimum atomic E-state index is 0.515. The molecule has 0 amide bonds. The second kappa shape index (κ2) is 2.62. The normalized spacial score (nSPS) is 30.5. The number of hydrogen-bond donors (Lipinski definition) is 0. The third-order valence-corrected chi connectivity index (χ3v) is 4.23. The molecule has 2 rings (SSSR count). The number of allylic oxidation sites excluding steroid dienone is 2. The molecule has 0 radical (unpaired) electrons. The summed E-state index contributed by atoms with van der Waals surface area (Å²) in [5, 5.41) is 0. The summed E-state index contributed by atoms with van der Waals surface area (Å²) in [4.78, 5) is 0. The van der Waals surface area contributed by atoms with Gasteiger partial charge in [-0.15, -0.1) is 0 Å². The highest BCUT2D eigenvalue weighted by molar-refractivity contribution is 5.32. The van der Waals surface area contributed by atoms with Gasteiger partial charge in [-0.2, -0.15) is 0 Å². The second-order valence-corrected chi connectivity index (χ2v) is 6.08. The van der Waals surface area contributed by atoms with E-state index in [4.69, 9.17) is 0 Å². The van der Waals surface area contributed by atoms with Crippen LogP contribution < -0.4 is 0 Å². The quantitative estimate of drug-likeness (QED) is 0.485. The average Bonchev–Trinajstić information content (AvgIpc) is 2.48. The zero-order valence-electron chi connectivity index (χ0n) is 9.54. The zero-order chi connectivity index (χ0) is 9.69. The van der Waals surface area contributed by atoms with Crippen molar-refractivity contribution in [1.82, 2.24) is 0 Å². The fourth-order valence-corrected chi connectivity index (χ4v) is 3.16.